The van der Waals surface area contributed by atoms with E-state index < -0.39 is 0 Å². The summed E-state index contributed by atoms with van der Waals surface area (Å²) < 4.78 is 0. The van der Waals surface area contributed by atoms with Crippen molar-refractivity contribution in [1.29, 1.82) is 0 Å². The molecular formula is C61H42N2. The maximum atomic E-state index is 5.48. The molecule has 63 heavy (non-hydrogen) atoms. The molecule has 1 aliphatic rings. The molecule has 11 aromatic rings. The van der Waals surface area contributed by atoms with Crippen molar-refractivity contribution in [3.8, 4) is 78.4 Å². The molecule has 0 aliphatic heterocycles. The van der Waals surface area contributed by atoms with Crippen LogP contribution in [-0.4, -0.2) is 9.97 Å². The normalized spacial score (nSPS) is 12.7. The topological polar surface area (TPSA) is 25.8 Å². The van der Waals surface area contributed by atoms with Crippen LogP contribution in [0.15, 0.2) is 218 Å². The quantitative estimate of drug-likeness (QED) is 0.124. The second-order valence-electron chi connectivity index (χ2n) is 17.2. The molecule has 0 amide bonds. The van der Waals surface area contributed by atoms with E-state index in [0.29, 0.717) is 5.82 Å². The standard InChI is InChI=1S/C61H42N2/c1-61(2)54-29-15-14-27-52(54)59-50(28-16-30-55(59)61)47-24-11-13-26-49(47)57-38-56(48-25-12-10-21-44(48)39-17-4-3-5-18-39)62-60(63-57)42-33-31-41(32-34-42)58-46-23-9-7-20-43(46)37-53-45-22-8-6-19-40(45)35-36-51(53)58/h3-38H,1-2H3. The molecule has 1 aromatic heterocycles. The van der Waals surface area contributed by atoms with Crippen LogP contribution in [0.4, 0.5) is 0 Å². The van der Waals surface area contributed by atoms with Gasteiger partial charge >= 0.3 is 0 Å². The fourth-order valence-electron chi connectivity index (χ4n) is 10.3. The second-order valence-corrected chi connectivity index (χ2v) is 17.2. The van der Waals surface area contributed by atoms with E-state index in [-0.39, 0.29) is 5.41 Å². The van der Waals surface area contributed by atoms with E-state index in [1.807, 2.05) is 0 Å². The zero-order chi connectivity index (χ0) is 42.1. The Kier molecular flexibility index (Phi) is 8.55. The molecule has 0 N–H and O–H groups in total. The average Bonchev–Trinajstić information content (AvgIpc) is 3.59. The first-order valence-corrected chi connectivity index (χ1v) is 21.8. The molecule has 1 aliphatic carbocycles. The molecule has 0 spiro atoms. The fourth-order valence-corrected chi connectivity index (χ4v) is 10.3. The maximum Gasteiger partial charge on any atom is 0.160 e. The van der Waals surface area contributed by atoms with E-state index in [4.69, 9.17) is 9.97 Å². The SMILES string of the molecule is CC1(C)c2ccccc2-c2c(-c3ccccc3-c3cc(-c4ccccc4-c4ccccc4)nc(-c4ccc(-c5c6ccccc6cc6c5ccc5ccccc56)cc4)n3)cccc21. The third-order valence-electron chi connectivity index (χ3n) is 13.3. The lowest BCUT2D eigenvalue weighted by molar-refractivity contribution is 0.660. The van der Waals surface area contributed by atoms with Crippen LogP contribution in [0.1, 0.15) is 25.0 Å². The van der Waals surface area contributed by atoms with Crippen LogP contribution in [0.25, 0.3) is 111 Å². The van der Waals surface area contributed by atoms with Gasteiger partial charge in [0.15, 0.2) is 5.82 Å². The molecule has 0 unspecified atom stereocenters. The Bertz CT molecular complexity index is 3580. The predicted octanol–water partition coefficient (Wildman–Crippen LogP) is 16.2. The van der Waals surface area contributed by atoms with Gasteiger partial charge in [-0.15, -0.1) is 0 Å². The number of hydrogen-bond donors (Lipinski definition) is 0. The fraction of sp³-hybridized carbons (Fsp3) is 0.0492. The van der Waals surface area contributed by atoms with Crippen LogP contribution in [-0.2, 0) is 5.41 Å². The van der Waals surface area contributed by atoms with Gasteiger partial charge in [-0.1, -0.05) is 220 Å². The van der Waals surface area contributed by atoms with Crippen LogP contribution in [0.2, 0.25) is 0 Å². The lowest BCUT2D eigenvalue weighted by atomic mass is 9.81. The number of aromatic nitrogens is 2. The summed E-state index contributed by atoms with van der Waals surface area (Å²) in [5.74, 6) is 0.685. The molecule has 0 atom stereocenters. The zero-order valence-electron chi connectivity index (χ0n) is 35.2. The Labute approximate surface area is 367 Å². The Morgan fingerprint density at radius 2 is 0.857 bits per heavy atom. The number of benzene rings is 10. The maximum absolute atomic E-state index is 5.48. The van der Waals surface area contributed by atoms with Gasteiger partial charge in [-0.05, 0) is 100 Å². The van der Waals surface area contributed by atoms with E-state index in [0.717, 1.165) is 50.3 Å². The molecule has 2 nitrogen and oxygen atoms in total. The minimum Gasteiger partial charge on any atom is -0.228 e. The number of hydrogen-bond acceptors (Lipinski definition) is 2. The van der Waals surface area contributed by atoms with E-state index in [1.165, 1.54) is 65.7 Å². The Balaban J connectivity index is 1.06. The molecule has 1 heterocycles. The summed E-state index contributed by atoms with van der Waals surface area (Å²) in [5.41, 5.74) is 17.1. The highest BCUT2D eigenvalue weighted by molar-refractivity contribution is 6.20. The van der Waals surface area contributed by atoms with Gasteiger partial charge in [-0.3, -0.25) is 0 Å². The largest absolute Gasteiger partial charge is 0.228 e. The third kappa shape index (κ3) is 6.02. The first kappa shape index (κ1) is 36.9. The summed E-state index contributed by atoms with van der Waals surface area (Å²) in [6, 6.07) is 79.0. The van der Waals surface area contributed by atoms with Gasteiger partial charge in [-0.2, -0.15) is 0 Å². The molecule has 0 fully saturated rings. The van der Waals surface area contributed by atoms with Gasteiger partial charge in [0.1, 0.15) is 0 Å². The van der Waals surface area contributed by atoms with Gasteiger partial charge < -0.3 is 0 Å². The van der Waals surface area contributed by atoms with Crippen LogP contribution in [0, 0.1) is 0 Å². The van der Waals surface area contributed by atoms with Crippen molar-refractivity contribution in [2.24, 2.45) is 0 Å². The van der Waals surface area contributed by atoms with Gasteiger partial charge in [0.25, 0.3) is 0 Å². The van der Waals surface area contributed by atoms with Crippen molar-refractivity contribution in [1.82, 2.24) is 9.97 Å². The molecule has 0 bridgehead atoms. The highest BCUT2D eigenvalue weighted by Crippen LogP contribution is 2.53. The summed E-state index contributed by atoms with van der Waals surface area (Å²) in [6.07, 6.45) is 0. The monoisotopic (exact) mass is 802 g/mol. The smallest absolute Gasteiger partial charge is 0.160 e. The van der Waals surface area contributed by atoms with Crippen LogP contribution >= 0.6 is 0 Å². The molecule has 10 aromatic carbocycles. The predicted molar refractivity (Wildman–Crippen MR) is 265 cm³/mol. The average molecular weight is 803 g/mol. The first-order chi connectivity index (χ1) is 31.0. The molecule has 0 saturated heterocycles. The first-order valence-electron chi connectivity index (χ1n) is 21.8. The summed E-state index contributed by atoms with van der Waals surface area (Å²) in [6.45, 7) is 4.69. The summed E-state index contributed by atoms with van der Waals surface area (Å²) in [7, 11) is 0. The minimum absolute atomic E-state index is 0.106. The van der Waals surface area contributed by atoms with Crippen LogP contribution in [0.3, 0.4) is 0 Å². The van der Waals surface area contributed by atoms with Crippen molar-refractivity contribution >= 4 is 32.3 Å². The van der Waals surface area contributed by atoms with Gasteiger partial charge in [0, 0.05) is 22.1 Å². The van der Waals surface area contributed by atoms with Crippen molar-refractivity contribution < 1.29 is 0 Å². The molecule has 296 valence electrons. The summed E-state index contributed by atoms with van der Waals surface area (Å²) in [5, 5.41) is 7.48. The van der Waals surface area contributed by atoms with E-state index in [2.05, 4.69) is 232 Å². The Hall–Kier alpha value is -7.94. The van der Waals surface area contributed by atoms with E-state index >= 15 is 0 Å². The third-order valence-corrected chi connectivity index (χ3v) is 13.3. The van der Waals surface area contributed by atoms with Crippen LogP contribution in [0.5, 0.6) is 0 Å². The van der Waals surface area contributed by atoms with Crippen molar-refractivity contribution in [3.63, 3.8) is 0 Å². The Morgan fingerprint density at radius 3 is 1.62 bits per heavy atom. The molecule has 0 radical (unpaired) electrons. The lowest BCUT2D eigenvalue weighted by Gasteiger charge is -2.22. The van der Waals surface area contributed by atoms with Gasteiger partial charge in [0.2, 0.25) is 0 Å². The van der Waals surface area contributed by atoms with Gasteiger partial charge in [0.05, 0.1) is 11.4 Å². The van der Waals surface area contributed by atoms with Crippen molar-refractivity contribution in [2.75, 3.05) is 0 Å². The van der Waals surface area contributed by atoms with E-state index in [9.17, 15) is 0 Å². The van der Waals surface area contributed by atoms with Gasteiger partial charge in [-0.25, -0.2) is 9.97 Å². The summed E-state index contributed by atoms with van der Waals surface area (Å²) in [4.78, 5) is 10.9. The number of rotatable bonds is 6. The highest BCUT2D eigenvalue weighted by atomic mass is 14.9. The van der Waals surface area contributed by atoms with Crippen molar-refractivity contribution in [3.05, 3.63) is 230 Å². The van der Waals surface area contributed by atoms with E-state index in [1.54, 1.807) is 0 Å². The Morgan fingerprint density at radius 1 is 0.302 bits per heavy atom. The number of fused-ring (bicyclic) bond motifs is 7. The molecule has 12 rings (SSSR count). The molecular weight excluding hydrogens is 761 g/mol. The highest BCUT2D eigenvalue weighted by Gasteiger charge is 2.36. The minimum atomic E-state index is -0.106. The zero-order valence-corrected chi connectivity index (χ0v) is 35.2. The number of nitrogens with zero attached hydrogens (tertiary/aromatic N) is 2. The van der Waals surface area contributed by atoms with Crippen LogP contribution < -0.4 is 0 Å². The summed E-state index contributed by atoms with van der Waals surface area (Å²) >= 11 is 0. The lowest BCUT2D eigenvalue weighted by Crippen LogP contribution is -2.14. The molecule has 0 saturated carbocycles. The molecule has 2 heteroatoms. The second kappa shape index (κ2) is 14.6. The van der Waals surface area contributed by atoms with Crippen molar-refractivity contribution in [2.45, 2.75) is 19.3 Å².